The molecular weight excluding hydrogens is 424 g/mol. The molecule has 0 amide bonds. The molecule has 1 heteroatoms. The van der Waals surface area contributed by atoms with Crippen molar-refractivity contribution in [3.8, 4) is 0 Å². The lowest BCUT2D eigenvalue weighted by Crippen LogP contribution is -2.06. The quantitative estimate of drug-likeness (QED) is 0.424. The Labute approximate surface area is 218 Å². The van der Waals surface area contributed by atoms with Crippen LogP contribution in [0.1, 0.15) is 173 Å². The van der Waals surface area contributed by atoms with E-state index >= 15 is 0 Å². The van der Waals surface area contributed by atoms with Crippen molar-refractivity contribution in [2.24, 2.45) is 0 Å². The third-order valence-corrected chi connectivity index (χ3v) is 9.05. The monoisotopic (exact) mass is 482 g/mol. The average molecular weight is 483 g/mol. The van der Waals surface area contributed by atoms with Crippen molar-refractivity contribution in [1.29, 1.82) is 0 Å². The summed E-state index contributed by atoms with van der Waals surface area (Å²) in [5.41, 5.74) is 7.89. The second kappa shape index (κ2) is 18.4. The van der Waals surface area contributed by atoms with Gasteiger partial charge in [-0.2, -0.15) is 0 Å². The highest BCUT2D eigenvalue weighted by atomic mass is 16.3. The lowest BCUT2D eigenvalue weighted by Gasteiger charge is -2.22. The minimum absolute atomic E-state index is 0.248. The highest BCUT2D eigenvalue weighted by Crippen LogP contribution is 2.34. The van der Waals surface area contributed by atoms with E-state index in [9.17, 15) is 5.11 Å². The average Bonchev–Trinajstić information content (AvgIpc) is 2.89. The van der Waals surface area contributed by atoms with Crippen LogP contribution in [0.25, 0.3) is 0 Å². The smallest absolute Gasteiger partial charge is 0.0687 e. The van der Waals surface area contributed by atoms with Crippen molar-refractivity contribution in [3.63, 3.8) is 0 Å². The van der Waals surface area contributed by atoms with E-state index < -0.39 is 0 Å². The van der Waals surface area contributed by atoms with Gasteiger partial charge < -0.3 is 5.11 Å². The molecular formula is C34H58O. The summed E-state index contributed by atoms with van der Waals surface area (Å²) in [6.07, 6.45) is 39.3. The van der Waals surface area contributed by atoms with Crippen molar-refractivity contribution >= 4 is 0 Å². The van der Waals surface area contributed by atoms with Crippen LogP contribution in [-0.4, -0.2) is 11.7 Å². The molecule has 0 saturated heterocycles. The van der Waals surface area contributed by atoms with Gasteiger partial charge in [-0.15, -0.1) is 0 Å². The maximum atomic E-state index is 10.9. The zero-order chi connectivity index (χ0) is 24.4. The van der Waals surface area contributed by atoms with E-state index in [1.165, 1.54) is 185 Å². The van der Waals surface area contributed by atoms with Gasteiger partial charge in [0, 0.05) is 0 Å². The van der Waals surface area contributed by atoms with Gasteiger partial charge in [0.1, 0.15) is 0 Å². The van der Waals surface area contributed by atoms with Gasteiger partial charge in [-0.1, -0.05) is 119 Å². The maximum absolute atomic E-state index is 10.9. The predicted molar refractivity (Wildman–Crippen MR) is 154 cm³/mol. The van der Waals surface area contributed by atoms with Gasteiger partial charge in [-0.3, -0.25) is 0 Å². The van der Waals surface area contributed by atoms with Crippen molar-refractivity contribution in [2.75, 3.05) is 6.61 Å². The summed E-state index contributed by atoms with van der Waals surface area (Å²) in [5.74, 6) is 0. The van der Waals surface area contributed by atoms with Crippen LogP contribution in [0.4, 0.5) is 0 Å². The molecule has 0 unspecified atom stereocenters. The molecule has 3 aliphatic carbocycles. The highest BCUT2D eigenvalue weighted by molar-refractivity contribution is 5.48. The van der Waals surface area contributed by atoms with Crippen LogP contribution in [0, 0.1) is 0 Å². The van der Waals surface area contributed by atoms with Gasteiger partial charge in [0.25, 0.3) is 0 Å². The number of aliphatic hydroxyl groups excluding tert-OH is 1. The number of hydrogen-bond acceptors (Lipinski definition) is 1. The van der Waals surface area contributed by atoms with E-state index in [1.54, 1.807) is 16.7 Å². The molecule has 3 rings (SSSR count). The Morgan fingerprint density at radius 1 is 0.429 bits per heavy atom. The van der Waals surface area contributed by atoms with Crippen LogP contribution < -0.4 is 0 Å². The molecule has 0 aromatic carbocycles. The fraction of sp³-hybridized carbons (Fsp3) is 0.824. The Hall–Kier alpha value is -0.820. The van der Waals surface area contributed by atoms with Gasteiger partial charge in [0.05, 0.1) is 6.61 Å². The largest absolute Gasteiger partial charge is 0.392 e. The molecule has 0 heterocycles. The maximum Gasteiger partial charge on any atom is 0.0687 e. The third kappa shape index (κ3) is 11.4. The van der Waals surface area contributed by atoms with Crippen LogP contribution >= 0.6 is 0 Å². The van der Waals surface area contributed by atoms with Crippen molar-refractivity contribution < 1.29 is 5.11 Å². The Morgan fingerprint density at radius 3 is 1.11 bits per heavy atom. The Bertz CT molecular complexity index is 628. The molecule has 0 aromatic rings. The van der Waals surface area contributed by atoms with Crippen LogP contribution in [-0.2, 0) is 0 Å². The summed E-state index contributed by atoms with van der Waals surface area (Å²) in [6, 6.07) is 0. The number of hydrogen-bond donors (Lipinski definition) is 1. The molecule has 0 radical (unpaired) electrons. The Morgan fingerprint density at radius 2 is 0.743 bits per heavy atom. The van der Waals surface area contributed by atoms with Gasteiger partial charge in [0.15, 0.2) is 0 Å². The van der Waals surface area contributed by atoms with Crippen LogP contribution in [0.15, 0.2) is 33.9 Å². The highest BCUT2D eigenvalue weighted by Gasteiger charge is 2.17. The fourth-order valence-electron chi connectivity index (χ4n) is 6.79. The summed E-state index contributed by atoms with van der Waals surface area (Å²) < 4.78 is 0. The molecule has 1 nitrogen and oxygen atoms in total. The molecule has 0 aliphatic heterocycles. The molecule has 1 N–H and O–H groups in total. The summed E-state index contributed by atoms with van der Waals surface area (Å²) in [5, 5.41) is 10.9. The Balaban J connectivity index is 1.97. The number of aliphatic hydroxyl groups is 1. The van der Waals surface area contributed by atoms with Crippen LogP contribution in [0.5, 0.6) is 0 Å². The molecule has 200 valence electrons. The standard InChI is InChI=1S/C34H58O/c35-29-34(32-26-20-14-8-3-9-15-21-27-32)33(31-24-18-12-6-2-7-13-19-25-31)28-30-22-16-10-4-1-5-11-17-23-30/h28,35H,1-27,29H2. The van der Waals surface area contributed by atoms with Crippen molar-refractivity contribution in [1.82, 2.24) is 0 Å². The van der Waals surface area contributed by atoms with Gasteiger partial charge in [0.2, 0.25) is 0 Å². The minimum Gasteiger partial charge on any atom is -0.392 e. The first kappa shape index (κ1) is 28.7. The SMILES string of the molecule is OCC(=C1CCCCCCCCC1)C(C=C1CCCCCCCCC1)=C1CCCCCCCCC1. The van der Waals surface area contributed by atoms with E-state index in [0.29, 0.717) is 0 Å². The Kier molecular flexibility index (Phi) is 15.1. The first-order chi connectivity index (χ1) is 17.4. The van der Waals surface area contributed by atoms with Gasteiger partial charge in [-0.25, -0.2) is 0 Å². The summed E-state index contributed by atoms with van der Waals surface area (Å²) >= 11 is 0. The number of rotatable bonds is 3. The predicted octanol–water partition coefficient (Wildman–Crippen LogP) is 11.1. The summed E-state index contributed by atoms with van der Waals surface area (Å²) in [7, 11) is 0. The minimum atomic E-state index is 0.248. The molecule has 0 atom stereocenters. The molecule has 0 bridgehead atoms. The van der Waals surface area contributed by atoms with E-state index in [1.807, 2.05) is 0 Å². The van der Waals surface area contributed by atoms with E-state index in [-0.39, 0.29) is 6.61 Å². The zero-order valence-corrected chi connectivity index (χ0v) is 23.3. The van der Waals surface area contributed by atoms with Crippen LogP contribution in [0.2, 0.25) is 0 Å². The molecule has 3 saturated carbocycles. The van der Waals surface area contributed by atoms with Crippen LogP contribution in [0.3, 0.4) is 0 Å². The molecule has 3 aliphatic rings. The molecule has 0 spiro atoms. The van der Waals surface area contributed by atoms with Gasteiger partial charge in [-0.05, 0) is 88.2 Å². The number of allylic oxidation sites excluding steroid dienone is 4. The second-order valence-corrected chi connectivity index (χ2v) is 12.0. The topological polar surface area (TPSA) is 20.2 Å². The summed E-state index contributed by atoms with van der Waals surface area (Å²) in [6.45, 7) is 0.248. The third-order valence-electron chi connectivity index (χ3n) is 9.05. The molecule has 0 aromatic heterocycles. The zero-order valence-electron chi connectivity index (χ0n) is 23.3. The lowest BCUT2D eigenvalue weighted by molar-refractivity contribution is 0.331. The lowest BCUT2D eigenvalue weighted by atomic mass is 9.84. The first-order valence-electron chi connectivity index (χ1n) is 16.1. The van der Waals surface area contributed by atoms with Crippen molar-refractivity contribution in [3.05, 3.63) is 33.9 Å². The van der Waals surface area contributed by atoms with E-state index in [2.05, 4.69) is 6.08 Å². The normalized spacial score (nSPS) is 23.3. The summed E-state index contributed by atoms with van der Waals surface area (Å²) in [4.78, 5) is 0. The first-order valence-corrected chi connectivity index (χ1v) is 16.1. The van der Waals surface area contributed by atoms with E-state index in [4.69, 9.17) is 0 Å². The second-order valence-electron chi connectivity index (χ2n) is 12.0. The fourth-order valence-corrected chi connectivity index (χ4v) is 6.79. The molecule has 35 heavy (non-hydrogen) atoms. The molecule has 3 fully saturated rings. The van der Waals surface area contributed by atoms with Crippen molar-refractivity contribution in [2.45, 2.75) is 173 Å². The van der Waals surface area contributed by atoms with E-state index in [0.717, 1.165) is 0 Å². The van der Waals surface area contributed by atoms with Gasteiger partial charge >= 0.3 is 0 Å².